The Labute approximate surface area is 83.3 Å². The van der Waals surface area contributed by atoms with Crippen molar-refractivity contribution in [3.8, 4) is 0 Å². The predicted molar refractivity (Wildman–Crippen MR) is 44.7 cm³/mol. The van der Waals surface area contributed by atoms with Crippen LogP contribution in [0.1, 0.15) is 17.5 Å². The molecule has 0 spiro atoms. The minimum absolute atomic E-state index is 0.0447. The Morgan fingerprint density at radius 2 is 1.93 bits per heavy atom. The smallest absolute Gasteiger partial charge is 0.376 e. The first-order valence-electron chi connectivity index (χ1n) is 4.43. The normalized spacial score (nSPS) is 25.4. The van der Waals surface area contributed by atoms with Gasteiger partial charge in [-0.15, -0.1) is 0 Å². The van der Waals surface area contributed by atoms with Gasteiger partial charge in [0, 0.05) is 5.56 Å². The lowest BCUT2D eigenvalue weighted by atomic mass is 9.95. The molecule has 0 heterocycles. The van der Waals surface area contributed by atoms with E-state index in [0.29, 0.717) is 0 Å². The molecule has 0 aromatic heterocycles. The second-order valence-electron chi connectivity index (χ2n) is 3.63. The zero-order chi connectivity index (χ0) is 11.3. The van der Waals surface area contributed by atoms with Crippen molar-refractivity contribution in [2.75, 3.05) is 0 Å². The highest BCUT2D eigenvalue weighted by molar-refractivity contribution is 5.39. The molecule has 1 unspecified atom stereocenters. The van der Waals surface area contributed by atoms with Gasteiger partial charge in [-0.1, -0.05) is 12.1 Å². The molecule has 1 aromatic carbocycles. The maximum Gasteiger partial charge on any atom is 0.421 e. The fourth-order valence-electron chi connectivity index (χ4n) is 1.96. The highest BCUT2D eigenvalue weighted by atomic mass is 19.4. The van der Waals surface area contributed by atoms with Crippen LogP contribution in [0.3, 0.4) is 0 Å². The predicted octanol–water partition coefficient (Wildman–Crippen LogP) is 2.52. The summed E-state index contributed by atoms with van der Waals surface area (Å²) in [6.07, 6.45) is -5.30. The van der Waals surface area contributed by atoms with E-state index in [4.69, 9.17) is 0 Å². The number of hydrogen-bond acceptors (Lipinski definition) is 1. The number of halogens is 4. The van der Waals surface area contributed by atoms with Gasteiger partial charge in [-0.05, 0) is 24.5 Å². The quantitative estimate of drug-likeness (QED) is 0.666. The first-order chi connectivity index (χ1) is 6.86. The maximum absolute atomic E-state index is 13.3. The molecule has 1 aromatic rings. The van der Waals surface area contributed by atoms with Gasteiger partial charge in [0.15, 0.2) is 5.60 Å². The molecule has 1 nitrogen and oxygen atoms in total. The molecule has 0 radical (unpaired) electrons. The van der Waals surface area contributed by atoms with E-state index >= 15 is 0 Å². The van der Waals surface area contributed by atoms with E-state index in [2.05, 4.69) is 0 Å². The molecule has 1 aliphatic rings. The second-order valence-corrected chi connectivity index (χ2v) is 3.63. The van der Waals surface area contributed by atoms with Crippen LogP contribution in [0, 0.1) is 5.82 Å². The molecule has 1 atom stereocenters. The SMILES string of the molecule is OC1(C(F)(F)F)CCc2cccc(F)c21. The fraction of sp³-hybridized carbons (Fsp3) is 0.400. The van der Waals surface area contributed by atoms with Gasteiger partial charge in [-0.25, -0.2) is 4.39 Å². The summed E-state index contributed by atoms with van der Waals surface area (Å²) < 4.78 is 51.0. The van der Waals surface area contributed by atoms with E-state index in [-0.39, 0.29) is 12.0 Å². The Morgan fingerprint density at radius 1 is 1.27 bits per heavy atom. The monoisotopic (exact) mass is 220 g/mol. The highest BCUT2D eigenvalue weighted by Crippen LogP contribution is 2.48. The van der Waals surface area contributed by atoms with Gasteiger partial charge in [0.2, 0.25) is 0 Å². The average Bonchev–Trinajstić information content (AvgIpc) is 2.45. The standard InChI is InChI=1S/C10H8F4O/c11-7-3-1-2-6-4-5-9(15,8(6)7)10(12,13)14/h1-3,15H,4-5H2. The minimum atomic E-state index is -4.83. The van der Waals surface area contributed by atoms with Crippen molar-refractivity contribution in [3.63, 3.8) is 0 Å². The van der Waals surface area contributed by atoms with Crippen molar-refractivity contribution in [2.45, 2.75) is 24.6 Å². The van der Waals surface area contributed by atoms with Crippen molar-refractivity contribution in [1.82, 2.24) is 0 Å². The maximum atomic E-state index is 13.3. The van der Waals surface area contributed by atoms with E-state index in [1.807, 2.05) is 0 Å². The van der Waals surface area contributed by atoms with E-state index in [1.165, 1.54) is 12.1 Å². The summed E-state index contributed by atoms with van der Waals surface area (Å²) in [7, 11) is 0. The Kier molecular flexibility index (Phi) is 2.05. The minimum Gasteiger partial charge on any atom is -0.376 e. The molecular formula is C10H8F4O. The lowest BCUT2D eigenvalue weighted by Crippen LogP contribution is -2.40. The van der Waals surface area contributed by atoms with E-state index < -0.39 is 29.6 Å². The second kappa shape index (κ2) is 2.95. The lowest BCUT2D eigenvalue weighted by molar-refractivity contribution is -0.266. The molecular weight excluding hydrogens is 212 g/mol. The van der Waals surface area contributed by atoms with Crippen molar-refractivity contribution in [3.05, 3.63) is 35.1 Å². The van der Waals surface area contributed by atoms with E-state index in [9.17, 15) is 22.7 Å². The molecule has 2 rings (SSSR count). The zero-order valence-electron chi connectivity index (χ0n) is 7.61. The molecule has 0 fully saturated rings. The van der Waals surface area contributed by atoms with Crippen LogP contribution in [0.4, 0.5) is 17.6 Å². The van der Waals surface area contributed by atoms with Crippen molar-refractivity contribution in [2.24, 2.45) is 0 Å². The summed E-state index contributed by atoms with van der Waals surface area (Å²) >= 11 is 0. The summed E-state index contributed by atoms with van der Waals surface area (Å²) in [5.74, 6) is -0.996. The van der Waals surface area contributed by atoms with Crippen LogP contribution in [0.5, 0.6) is 0 Å². The summed E-state index contributed by atoms with van der Waals surface area (Å²) in [5.41, 5.74) is -3.40. The van der Waals surface area contributed by atoms with Gasteiger partial charge in [-0.3, -0.25) is 0 Å². The largest absolute Gasteiger partial charge is 0.421 e. The molecule has 0 aliphatic heterocycles. The average molecular weight is 220 g/mol. The van der Waals surface area contributed by atoms with Crippen LogP contribution in [0.15, 0.2) is 18.2 Å². The third-order valence-corrected chi connectivity index (χ3v) is 2.74. The number of aryl methyl sites for hydroxylation is 1. The topological polar surface area (TPSA) is 20.2 Å². The first-order valence-corrected chi connectivity index (χ1v) is 4.43. The molecule has 15 heavy (non-hydrogen) atoms. The number of alkyl halides is 3. The molecule has 0 bridgehead atoms. The van der Waals surface area contributed by atoms with Gasteiger partial charge in [-0.2, -0.15) is 13.2 Å². The summed E-state index contributed by atoms with van der Waals surface area (Å²) in [5, 5.41) is 9.50. The van der Waals surface area contributed by atoms with Crippen LogP contribution >= 0.6 is 0 Å². The Bertz CT molecular complexity index is 399. The highest BCUT2D eigenvalue weighted by Gasteiger charge is 2.58. The summed E-state index contributed by atoms with van der Waals surface area (Å²) in [4.78, 5) is 0. The number of aliphatic hydroxyl groups is 1. The van der Waals surface area contributed by atoms with Crippen molar-refractivity contribution in [1.29, 1.82) is 0 Å². The van der Waals surface area contributed by atoms with Gasteiger partial charge < -0.3 is 5.11 Å². The summed E-state index contributed by atoms with van der Waals surface area (Å²) in [6, 6.07) is 3.68. The molecule has 1 aliphatic carbocycles. The van der Waals surface area contributed by atoms with Crippen molar-refractivity contribution < 1.29 is 22.7 Å². The number of hydrogen-bond donors (Lipinski definition) is 1. The Morgan fingerprint density at radius 3 is 2.53 bits per heavy atom. The van der Waals surface area contributed by atoms with Crippen LogP contribution in [0.2, 0.25) is 0 Å². The third-order valence-electron chi connectivity index (χ3n) is 2.74. The van der Waals surface area contributed by atoms with Gasteiger partial charge in [0.25, 0.3) is 0 Å². The Balaban J connectivity index is 2.62. The van der Waals surface area contributed by atoms with Gasteiger partial charge in [0.05, 0.1) is 0 Å². The van der Waals surface area contributed by atoms with Gasteiger partial charge in [0.1, 0.15) is 5.82 Å². The fourth-order valence-corrected chi connectivity index (χ4v) is 1.96. The van der Waals surface area contributed by atoms with Crippen LogP contribution in [-0.4, -0.2) is 11.3 Å². The number of rotatable bonds is 0. The molecule has 1 N–H and O–H groups in total. The van der Waals surface area contributed by atoms with Crippen molar-refractivity contribution >= 4 is 0 Å². The van der Waals surface area contributed by atoms with Gasteiger partial charge >= 0.3 is 6.18 Å². The molecule has 0 amide bonds. The number of benzene rings is 1. The Hall–Kier alpha value is -1.10. The molecule has 5 heteroatoms. The molecule has 82 valence electrons. The van der Waals surface area contributed by atoms with Crippen LogP contribution in [0.25, 0.3) is 0 Å². The molecule has 0 saturated carbocycles. The number of fused-ring (bicyclic) bond motifs is 1. The third kappa shape index (κ3) is 1.33. The zero-order valence-corrected chi connectivity index (χ0v) is 7.61. The molecule has 0 saturated heterocycles. The van der Waals surface area contributed by atoms with E-state index in [0.717, 1.165) is 6.07 Å². The summed E-state index contributed by atoms with van der Waals surface area (Å²) in [6.45, 7) is 0. The van der Waals surface area contributed by atoms with Crippen LogP contribution < -0.4 is 0 Å². The first kappa shape index (κ1) is 10.4. The lowest BCUT2D eigenvalue weighted by Gasteiger charge is -2.27. The van der Waals surface area contributed by atoms with E-state index in [1.54, 1.807) is 0 Å². The van der Waals surface area contributed by atoms with Crippen LogP contribution in [-0.2, 0) is 12.0 Å².